The Morgan fingerprint density at radius 3 is 2.50 bits per heavy atom. The maximum atomic E-state index is 11.2. The maximum Gasteiger partial charge on any atom is 0.272 e. The summed E-state index contributed by atoms with van der Waals surface area (Å²) in [5, 5.41) is 11.2. The Morgan fingerprint density at radius 2 is 1.85 bits per heavy atom. The van der Waals surface area contributed by atoms with Crippen LogP contribution in [0.5, 0.6) is 5.75 Å². The average molecular weight is 356 g/mol. The molecule has 4 heteroatoms. The fourth-order valence-electron chi connectivity index (χ4n) is 5.33. The third kappa shape index (κ3) is 2.34. The number of rotatable bonds is 1. The first-order valence-corrected chi connectivity index (χ1v) is 9.45. The first-order valence-electron chi connectivity index (χ1n) is 9.45. The van der Waals surface area contributed by atoms with E-state index in [1.165, 1.54) is 4.74 Å². The van der Waals surface area contributed by atoms with Crippen LogP contribution in [0.3, 0.4) is 0 Å². The van der Waals surface area contributed by atoms with E-state index in [-0.39, 0.29) is 16.9 Å². The zero-order valence-corrected chi connectivity index (χ0v) is 16.9. The largest absolute Gasteiger partial charge is 0.485 e. The van der Waals surface area contributed by atoms with Gasteiger partial charge < -0.3 is 9.47 Å². The van der Waals surface area contributed by atoms with Gasteiger partial charge in [0.05, 0.1) is 22.1 Å². The fraction of sp³-hybridized carbons (Fsp3) is 0.591. The third-order valence-electron chi connectivity index (χ3n) is 6.10. The molecular weight excluding hydrogens is 326 g/mol. The lowest BCUT2D eigenvalue weighted by Crippen LogP contribution is -2.47. The molecule has 0 spiro atoms. The third-order valence-corrected chi connectivity index (χ3v) is 6.10. The number of hydrogen-bond donors (Lipinski definition) is 1. The van der Waals surface area contributed by atoms with Crippen LogP contribution in [-0.4, -0.2) is 34.5 Å². The topological polar surface area (TPSA) is 41.7 Å². The van der Waals surface area contributed by atoms with E-state index in [0.717, 1.165) is 46.7 Å². The first kappa shape index (κ1) is 17.6. The Labute approximate surface area is 156 Å². The van der Waals surface area contributed by atoms with Crippen LogP contribution >= 0.6 is 0 Å². The van der Waals surface area contributed by atoms with Gasteiger partial charge in [0.15, 0.2) is 0 Å². The molecule has 3 aliphatic rings. The molecule has 0 saturated heterocycles. The lowest BCUT2D eigenvalue weighted by molar-refractivity contribution is -0.712. The molecular formula is C22H30NO3+. The minimum absolute atomic E-state index is 0.0547. The van der Waals surface area contributed by atoms with Crippen molar-refractivity contribution in [2.75, 3.05) is 7.11 Å². The lowest BCUT2D eigenvalue weighted by Gasteiger charge is -2.38. The number of allylic oxidation sites excluding steroid dienone is 2. The molecule has 1 atom stereocenters. The minimum atomic E-state index is -0.394. The van der Waals surface area contributed by atoms with E-state index in [1.807, 2.05) is 6.07 Å². The van der Waals surface area contributed by atoms with Crippen molar-refractivity contribution in [1.29, 1.82) is 0 Å². The minimum Gasteiger partial charge on any atom is -0.485 e. The Bertz CT molecular complexity index is 858. The molecule has 0 bridgehead atoms. The van der Waals surface area contributed by atoms with Crippen LogP contribution in [-0.2, 0) is 11.2 Å². The first-order chi connectivity index (χ1) is 12.0. The van der Waals surface area contributed by atoms with Crippen molar-refractivity contribution in [2.45, 2.75) is 66.1 Å². The predicted molar refractivity (Wildman–Crippen MR) is 103 cm³/mol. The van der Waals surface area contributed by atoms with Crippen molar-refractivity contribution in [3.05, 3.63) is 29.3 Å². The van der Waals surface area contributed by atoms with Gasteiger partial charge in [-0.2, -0.15) is 0 Å². The van der Waals surface area contributed by atoms with E-state index in [2.05, 4.69) is 53.7 Å². The highest BCUT2D eigenvalue weighted by molar-refractivity contribution is 6.28. The van der Waals surface area contributed by atoms with Gasteiger partial charge >= 0.3 is 0 Å². The highest BCUT2D eigenvalue weighted by Gasteiger charge is 2.53. The summed E-state index contributed by atoms with van der Waals surface area (Å²) < 4.78 is 13.4. The molecule has 0 fully saturated rings. The second-order valence-electron chi connectivity index (χ2n) is 9.84. The Hall–Kier alpha value is -1.81. The summed E-state index contributed by atoms with van der Waals surface area (Å²) in [7, 11) is 1.73. The lowest BCUT2D eigenvalue weighted by atomic mass is 9.65. The van der Waals surface area contributed by atoms with E-state index in [1.54, 1.807) is 7.11 Å². The summed E-state index contributed by atoms with van der Waals surface area (Å²) in [4.78, 5) is 0. The van der Waals surface area contributed by atoms with Crippen molar-refractivity contribution >= 4 is 17.0 Å². The van der Waals surface area contributed by atoms with Crippen LogP contribution in [0.15, 0.2) is 18.2 Å². The highest BCUT2D eigenvalue weighted by Crippen LogP contribution is 2.53. The molecule has 2 heterocycles. The van der Waals surface area contributed by atoms with Gasteiger partial charge in [0.1, 0.15) is 17.5 Å². The average Bonchev–Trinajstić information content (AvgIpc) is 2.76. The fourth-order valence-corrected chi connectivity index (χ4v) is 5.33. The summed E-state index contributed by atoms with van der Waals surface area (Å²) in [6.45, 7) is 13.1. The molecule has 0 aromatic heterocycles. The zero-order chi connectivity index (χ0) is 19.1. The van der Waals surface area contributed by atoms with E-state index in [0.29, 0.717) is 0 Å². The second kappa shape index (κ2) is 5.13. The summed E-state index contributed by atoms with van der Waals surface area (Å²) in [5.74, 6) is 0.845. The van der Waals surface area contributed by atoms with E-state index < -0.39 is 5.60 Å². The number of fused-ring (bicyclic) bond motifs is 5. The van der Waals surface area contributed by atoms with Gasteiger partial charge in [0.2, 0.25) is 5.71 Å². The monoisotopic (exact) mass is 356 g/mol. The molecule has 0 amide bonds. The number of ether oxygens (including phenoxy) is 2. The van der Waals surface area contributed by atoms with Crippen molar-refractivity contribution < 1.29 is 19.4 Å². The molecule has 1 aliphatic carbocycles. The van der Waals surface area contributed by atoms with Crippen LogP contribution in [0, 0.1) is 10.8 Å². The van der Waals surface area contributed by atoms with Crippen LogP contribution in [0.2, 0.25) is 0 Å². The SMILES string of the molecule is CO[C@@H]1Cc2c(ccc3c2[N+](O)=C2C3=CC(C)(C)CC2(C)C)OC1(C)C. The Kier molecular flexibility index (Phi) is 3.47. The normalized spacial score (nSPS) is 27.2. The van der Waals surface area contributed by atoms with E-state index >= 15 is 0 Å². The molecule has 1 N–H and O–H groups in total. The van der Waals surface area contributed by atoms with Crippen LogP contribution < -0.4 is 4.74 Å². The summed E-state index contributed by atoms with van der Waals surface area (Å²) in [6.07, 6.45) is 3.98. The number of nitrogens with zero attached hydrogens (tertiary/aromatic N) is 1. The zero-order valence-electron chi connectivity index (χ0n) is 16.9. The number of methoxy groups -OCH3 is 1. The molecule has 0 saturated carbocycles. The van der Waals surface area contributed by atoms with Crippen LogP contribution in [0.25, 0.3) is 5.57 Å². The number of benzene rings is 1. The molecule has 2 aliphatic heterocycles. The van der Waals surface area contributed by atoms with Gasteiger partial charge in [-0.05, 0) is 51.7 Å². The van der Waals surface area contributed by atoms with Gasteiger partial charge in [-0.1, -0.05) is 19.9 Å². The standard InChI is InChI=1S/C22H30NO3/c1-20(2)11-15-13-8-9-16-14(10-17(25-7)22(5,6)26-16)18(13)23(24)19(15)21(3,4)12-20/h8-9,11,17,24H,10,12H2,1-7H3/q+1/t17-/m1/s1. The summed E-state index contributed by atoms with van der Waals surface area (Å²) in [5.41, 5.74) is 4.75. The van der Waals surface area contributed by atoms with E-state index in [9.17, 15) is 5.21 Å². The molecule has 140 valence electrons. The van der Waals surface area contributed by atoms with Gasteiger partial charge in [0, 0.05) is 18.3 Å². The van der Waals surface area contributed by atoms with Crippen molar-refractivity contribution in [1.82, 2.24) is 0 Å². The van der Waals surface area contributed by atoms with Crippen LogP contribution in [0.4, 0.5) is 5.69 Å². The quantitative estimate of drug-likeness (QED) is 0.583. The van der Waals surface area contributed by atoms with Crippen molar-refractivity contribution in [3.8, 4) is 5.75 Å². The maximum absolute atomic E-state index is 11.2. The van der Waals surface area contributed by atoms with Crippen molar-refractivity contribution in [3.63, 3.8) is 0 Å². The van der Waals surface area contributed by atoms with Crippen LogP contribution in [0.1, 0.15) is 59.1 Å². The summed E-state index contributed by atoms with van der Waals surface area (Å²) in [6, 6.07) is 4.14. The van der Waals surface area contributed by atoms with E-state index in [4.69, 9.17) is 9.47 Å². The van der Waals surface area contributed by atoms with Gasteiger partial charge in [-0.15, -0.1) is 0 Å². The molecule has 0 radical (unpaired) electrons. The van der Waals surface area contributed by atoms with Gasteiger partial charge in [0.25, 0.3) is 5.69 Å². The molecule has 0 unspecified atom stereocenters. The van der Waals surface area contributed by atoms with Gasteiger partial charge in [-0.25, -0.2) is 0 Å². The second-order valence-corrected chi connectivity index (χ2v) is 9.84. The molecule has 4 nitrogen and oxygen atoms in total. The Balaban J connectivity index is 1.96. The Morgan fingerprint density at radius 1 is 1.15 bits per heavy atom. The molecule has 1 aromatic rings. The highest BCUT2D eigenvalue weighted by atomic mass is 16.5. The summed E-state index contributed by atoms with van der Waals surface area (Å²) >= 11 is 0. The molecule has 4 rings (SSSR count). The predicted octanol–water partition coefficient (Wildman–Crippen LogP) is 4.74. The van der Waals surface area contributed by atoms with Gasteiger partial charge in [-0.3, -0.25) is 5.21 Å². The number of hydrogen-bond acceptors (Lipinski definition) is 3. The molecule has 1 aromatic carbocycles. The smallest absolute Gasteiger partial charge is 0.272 e. The molecule has 26 heavy (non-hydrogen) atoms. The van der Waals surface area contributed by atoms with Crippen molar-refractivity contribution in [2.24, 2.45) is 10.8 Å².